The fourth-order valence-electron chi connectivity index (χ4n) is 2.11. The van der Waals surface area contributed by atoms with Gasteiger partial charge in [-0.05, 0) is 25.1 Å². The molecular formula is C12H20F5O6SSi-. The molecule has 25 heavy (non-hydrogen) atoms. The third kappa shape index (κ3) is 7.15. The summed E-state index contributed by atoms with van der Waals surface area (Å²) in [4.78, 5) is 11.4. The van der Waals surface area contributed by atoms with Crippen LogP contribution >= 0.6 is 0 Å². The highest BCUT2D eigenvalue weighted by molar-refractivity contribution is 7.86. The Morgan fingerprint density at radius 1 is 1.20 bits per heavy atom. The molecule has 2 unspecified atom stereocenters. The maximum atomic E-state index is 13.2. The van der Waals surface area contributed by atoms with Crippen LogP contribution < -0.4 is 0 Å². The number of halogens is 5. The molecule has 0 rings (SSSR count). The zero-order chi connectivity index (χ0) is 20.1. The van der Waals surface area contributed by atoms with Gasteiger partial charge in [-0.25, -0.2) is 8.42 Å². The minimum Gasteiger partial charge on any atom is -0.743 e. The Hall–Kier alpha value is -0.793. The second-order valence-electron chi connectivity index (χ2n) is 5.69. The van der Waals surface area contributed by atoms with E-state index in [1.807, 2.05) is 13.5 Å². The first-order chi connectivity index (χ1) is 11.1. The van der Waals surface area contributed by atoms with E-state index in [0.29, 0.717) is 6.04 Å². The highest BCUT2D eigenvalue weighted by atomic mass is 32.2. The Bertz CT molecular complexity index is 553. The van der Waals surface area contributed by atoms with Crippen LogP contribution in [0.2, 0.25) is 18.6 Å². The van der Waals surface area contributed by atoms with Crippen LogP contribution in [0.1, 0.15) is 26.2 Å². The predicted octanol–water partition coefficient (Wildman–Crippen LogP) is 3.01. The maximum Gasteiger partial charge on any atom is 0.432 e. The molecule has 0 aliphatic carbocycles. The van der Waals surface area contributed by atoms with E-state index in [9.17, 15) is 39.7 Å². The lowest BCUT2D eigenvalue weighted by molar-refractivity contribution is -0.259. The summed E-state index contributed by atoms with van der Waals surface area (Å²) in [7, 11) is -7.36. The summed E-state index contributed by atoms with van der Waals surface area (Å²) < 4.78 is 104. The lowest BCUT2D eigenvalue weighted by Crippen LogP contribution is -2.52. The zero-order valence-corrected chi connectivity index (χ0v) is 15.7. The highest BCUT2D eigenvalue weighted by Gasteiger charge is 2.62. The molecule has 0 aliphatic heterocycles. The van der Waals surface area contributed by atoms with Crippen LogP contribution in [-0.2, 0) is 24.1 Å². The fraction of sp³-hybridized carbons (Fsp3) is 0.917. The van der Waals surface area contributed by atoms with Gasteiger partial charge < -0.3 is 13.7 Å². The van der Waals surface area contributed by atoms with Crippen LogP contribution in [-0.4, -0.2) is 51.9 Å². The van der Waals surface area contributed by atoms with E-state index in [1.54, 1.807) is 0 Å². The molecule has 13 heteroatoms. The second kappa shape index (κ2) is 8.73. The molecule has 6 nitrogen and oxygen atoms in total. The average Bonchev–Trinajstić information content (AvgIpc) is 2.42. The molecule has 0 aromatic heterocycles. The van der Waals surface area contributed by atoms with Crippen LogP contribution in [0.15, 0.2) is 0 Å². The van der Waals surface area contributed by atoms with Crippen molar-refractivity contribution in [2.75, 3.05) is 7.11 Å². The van der Waals surface area contributed by atoms with Crippen LogP contribution in [0.4, 0.5) is 22.0 Å². The molecule has 0 N–H and O–H groups in total. The summed E-state index contributed by atoms with van der Waals surface area (Å²) in [6, 6.07) is 1.11. The lowest BCUT2D eigenvalue weighted by atomic mass is 10.3. The molecule has 150 valence electrons. The Balaban J connectivity index is 4.98. The van der Waals surface area contributed by atoms with Gasteiger partial charge in [-0.2, -0.15) is 22.0 Å². The van der Waals surface area contributed by atoms with Gasteiger partial charge in [0.05, 0.1) is 0 Å². The molecule has 0 fully saturated rings. The van der Waals surface area contributed by atoms with Crippen molar-refractivity contribution in [2.45, 2.75) is 62.4 Å². The predicted molar refractivity (Wildman–Crippen MR) is 78.3 cm³/mol. The van der Waals surface area contributed by atoms with Gasteiger partial charge in [-0.3, -0.25) is 4.79 Å². The van der Waals surface area contributed by atoms with Gasteiger partial charge in [0.25, 0.3) is 6.10 Å². The Kier molecular flexibility index (Phi) is 8.45. The van der Waals surface area contributed by atoms with E-state index in [1.165, 1.54) is 7.11 Å². The van der Waals surface area contributed by atoms with Crippen molar-refractivity contribution in [1.29, 1.82) is 0 Å². The summed E-state index contributed by atoms with van der Waals surface area (Å²) >= 11 is 0. The molecular weight excluding hydrogens is 395 g/mol. The van der Waals surface area contributed by atoms with Crippen molar-refractivity contribution in [3.8, 4) is 0 Å². The zero-order valence-electron chi connectivity index (χ0n) is 13.9. The molecule has 0 radical (unpaired) electrons. The average molecular weight is 415 g/mol. The molecule has 0 heterocycles. The van der Waals surface area contributed by atoms with Crippen molar-refractivity contribution < 1.29 is 48.9 Å². The lowest BCUT2D eigenvalue weighted by Gasteiger charge is -2.30. The first-order valence-electron chi connectivity index (χ1n) is 7.25. The van der Waals surface area contributed by atoms with E-state index in [4.69, 9.17) is 4.43 Å². The van der Waals surface area contributed by atoms with Crippen molar-refractivity contribution in [3.63, 3.8) is 0 Å². The number of hydrogen-bond acceptors (Lipinski definition) is 6. The number of alkyl halides is 5. The summed E-state index contributed by atoms with van der Waals surface area (Å²) in [5, 5.41) is -5.82. The Morgan fingerprint density at radius 2 is 1.72 bits per heavy atom. The summed E-state index contributed by atoms with van der Waals surface area (Å²) in [6.07, 6.45) is -10.1. The third-order valence-electron chi connectivity index (χ3n) is 3.54. The van der Waals surface area contributed by atoms with Gasteiger partial charge in [-0.15, -0.1) is 0 Å². The van der Waals surface area contributed by atoms with Gasteiger partial charge in [0.15, 0.2) is 18.4 Å². The third-order valence-corrected chi connectivity index (χ3v) is 8.38. The maximum absolute atomic E-state index is 13.2. The summed E-state index contributed by atoms with van der Waals surface area (Å²) in [6.45, 7) is 3.75. The van der Waals surface area contributed by atoms with E-state index in [-0.39, 0.29) is 6.42 Å². The minimum absolute atomic E-state index is 0.0235. The molecule has 0 saturated heterocycles. The van der Waals surface area contributed by atoms with Gasteiger partial charge in [0.2, 0.25) is 0 Å². The van der Waals surface area contributed by atoms with Crippen LogP contribution in [0, 0.1) is 0 Å². The van der Waals surface area contributed by atoms with E-state index >= 15 is 0 Å². The molecule has 0 aliphatic rings. The van der Waals surface area contributed by atoms with Crippen LogP contribution in [0.5, 0.6) is 0 Å². The Labute approximate surface area is 143 Å². The fourth-order valence-corrected chi connectivity index (χ4v) is 5.20. The number of ether oxygens (including phenoxy) is 1. The normalized spacial score (nSPS) is 17.0. The summed E-state index contributed by atoms with van der Waals surface area (Å²) in [5.74, 6) is -1.67. The van der Waals surface area contributed by atoms with Gasteiger partial charge in [-0.1, -0.05) is 13.3 Å². The highest BCUT2D eigenvalue weighted by Crippen LogP contribution is 2.38. The molecule has 2 atom stereocenters. The van der Waals surface area contributed by atoms with Crippen molar-refractivity contribution in [1.82, 2.24) is 0 Å². The van der Waals surface area contributed by atoms with Crippen molar-refractivity contribution >= 4 is 24.4 Å². The number of hydrogen-bond donors (Lipinski definition) is 0. The first kappa shape index (κ1) is 24.2. The van der Waals surface area contributed by atoms with E-state index in [0.717, 1.165) is 12.5 Å². The molecule has 0 spiro atoms. The molecule has 0 saturated carbocycles. The summed E-state index contributed by atoms with van der Waals surface area (Å²) in [5.41, 5.74) is 0. The number of carbonyl (C=O) groups is 1. The van der Waals surface area contributed by atoms with Crippen LogP contribution in [0.25, 0.3) is 0 Å². The smallest absolute Gasteiger partial charge is 0.432 e. The van der Waals surface area contributed by atoms with E-state index < -0.39 is 48.4 Å². The minimum atomic E-state index is -6.68. The monoisotopic (exact) mass is 415 g/mol. The molecule has 0 aromatic carbocycles. The quantitative estimate of drug-likeness (QED) is 0.236. The van der Waals surface area contributed by atoms with E-state index in [2.05, 4.69) is 4.74 Å². The number of carbonyl (C=O) groups excluding carboxylic acids is 1. The van der Waals surface area contributed by atoms with Crippen molar-refractivity contribution in [3.05, 3.63) is 0 Å². The van der Waals surface area contributed by atoms with Crippen molar-refractivity contribution in [2.24, 2.45) is 0 Å². The topological polar surface area (TPSA) is 92.7 Å². The van der Waals surface area contributed by atoms with Gasteiger partial charge in [0.1, 0.15) is 0 Å². The first-order valence-corrected chi connectivity index (χ1v) is 11.5. The SMILES string of the molecule is CCC[Si](C)(CCCC(=O)OC(C(F)(F)F)C(F)(F)S(=O)(=O)[O-])OC. The van der Waals surface area contributed by atoms with Gasteiger partial charge >= 0.3 is 17.4 Å². The number of esters is 1. The van der Waals surface area contributed by atoms with Gasteiger partial charge in [0, 0.05) is 13.5 Å². The molecule has 0 aromatic rings. The largest absolute Gasteiger partial charge is 0.743 e. The van der Waals surface area contributed by atoms with Crippen LogP contribution in [0.3, 0.4) is 0 Å². The second-order valence-corrected chi connectivity index (χ2v) is 11.4. The molecule has 0 amide bonds. The Morgan fingerprint density at radius 3 is 2.08 bits per heavy atom. The number of rotatable bonds is 10. The molecule has 0 bridgehead atoms. The standard InChI is InChI=1S/C12H21F5O6SSi/c1-4-7-25(3,22-2)8-5-6-9(18)23-10(11(13,14)15)12(16,17)24(19,20)21/h10H,4-8H2,1-3H3,(H,19,20,21)/p-1.